The van der Waals surface area contributed by atoms with E-state index in [2.05, 4.69) is 79.9 Å². The second kappa shape index (κ2) is 5.68. The van der Waals surface area contributed by atoms with E-state index in [1.165, 1.54) is 33.0 Å². The molecule has 0 radical (unpaired) electrons. The summed E-state index contributed by atoms with van der Waals surface area (Å²) in [6, 6.07) is 21.3. The minimum atomic E-state index is -0.00370. The van der Waals surface area contributed by atoms with Crippen molar-refractivity contribution in [3.8, 4) is 0 Å². The molecule has 0 amide bonds. The topological polar surface area (TPSA) is 38.0 Å². The Balaban J connectivity index is 2.21. The lowest BCUT2D eigenvalue weighted by atomic mass is 9.91. The highest BCUT2D eigenvalue weighted by atomic mass is 15.2. The number of nitrogens with two attached hydrogens (primary N) is 1. The number of rotatable bonds is 3. The minimum absolute atomic E-state index is 0.00370. The molecule has 0 aliphatic heterocycles. The highest BCUT2D eigenvalue weighted by molar-refractivity contribution is 5.86. The molecule has 0 aliphatic rings. The Hall–Kier alpha value is -2.16. The van der Waals surface area contributed by atoms with Crippen molar-refractivity contribution in [2.45, 2.75) is 19.9 Å². The molecule has 0 heterocycles. The summed E-state index contributed by atoms with van der Waals surface area (Å²) in [4.78, 5) is 0. The molecule has 0 fully saturated rings. The van der Waals surface area contributed by atoms with E-state index in [9.17, 15) is 0 Å². The van der Waals surface area contributed by atoms with Gasteiger partial charge in [-0.3, -0.25) is 5.84 Å². The van der Waals surface area contributed by atoms with Gasteiger partial charge in [0.1, 0.15) is 0 Å². The van der Waals surface area contributed by atoms with Crippen LogP contribution in [0.15, 0.2) is 60.7 Å². The van der Waals surface area contributed by atoms with Gasteiger partial charge in [-0.15, -0.1) is 0 Å². The van der Waals surface area contributed by atoms with Gasteiger partial charge in [-0.05, 0) is 41.3 Å². The van der Waals surface area contributed by atoms with Gasteiger partial charge in [-0.2, -0.15) is 0 Å². The van der Waals surface area contributed by atoms with Gasteiger partial charge >= 0.3 is 0 Å². The fourth-order valence-corrected chi connectivity index (χ4v) is 2.92. The molecular weight excluding hydrogens is 256 g/mol. The zero-order valence-electron chi connectivity index (χ0n) is 12.4. The molecule has 0 bridgehead atoms. The van der Waals surface area contributed by atoms with Crippen molar-refractivity contribution >= 4 is 10.8 Å². The number of hydrogen-bond acceptors (Lipinski definition) is 2. The van der Waals surface area contributed by atoms with Crippen LogP contribution in [-0.4, -0.2) is 0 Å². The smallest absolute Gasteiger partial charge is 0.0718 e. The van der Waals surface area contributed by atoms with Crippen molar-refractivity contribution in [3.63, 3.8) is 0 Å². The van der Waals surface area contributed by atoms with Crippen molar-refractivity contribution in [1.82, 2.24) is 5.43 Å². The molecule has 21 heavy (non-hydrogen) atoms. The Morgan fingerprint density at radius 1 is 0.857 bits per heavy atom. The van der Waals surface area contributed by atoms with Gasteiger partial charge in [0, 0.05) is 0 Å². The summed E-state index contributed by atoms with van der Waals surface area (Å²) in [7, 11) is 0. The van der Waals surface area contributed by atoms with Crippen molar-refractivity contribution in [1.29, 1.82) is 0 Å². The Kier molecular flexibility index (Phi) is 3.74. The largest absolute Gasteiger partial charge is 0.271 e. The average Bonchev–Trinajstić information content (AvgIpc) is 2.51. The third kappa shape index (κ3) is 2.56. The Morgan fingerprint density at radius 2 is 1.62 bits per heavy atom. The normalized spacial score (nSPS) is 12.5. The fourth-order valence-electron chi connectivity index (χ4n) is 2.92. The minimum Gasteiger partial charge on any atom is -0.271 e. The molecule has 0 saturated heterocycles. The van der Waals surface area contributed by atoms with E-state index >= 15 is 0 Å². The summed E-state index contributed by atoms with van der Waals surface area (Å²) in [5.74, 6) is 5.90. The van der Waals surface area contributed by atoms with Gasteiger partial charge in [-0.25, -0.2) is 5.43 Å². The van der Waals surface area contributed by atoms with Gasteiger partial charge in [0.15, 0.2) is 0 Å². The van der Waals surface area contributed by atoms with Crippen LogP contribution in [0.5, 0.6) is 0 Å². The molecule has 1 atom stereocenters. The van der Waals surface area contributed by atoms with E-state index in [1.807, 2.05) is 0 Å². The van der Waals surface area contributed by atoms with Crippen LogP contribution >= 0.6 is 0 Å². The molecule has 106 valence electrons. The van der Waals surface area contributed by atoms with Crippen molar-refractivity contribution in [2.75, 3.05) is 0 Å². The highest BCUT2D eigenvalue weighted by Crippen LogP contribution is 2.30. The summed E-state index contributed by atoms with van der Waals surface area (Å²) in [6.07, 6.45) is 0. The quantitative estimate of drug-likeness (QED) is 0.560. The summed E-state index contributed by atoms with van der Waals surface area (Å²) >= 11 is 0. The molecule has 1 unspecified atom stereocenters. The maximum atomic E-state index is 5.90. The van der Waals surface area contributed by atoms with Crippen LogP contribution < -0.4 is 11.3 Å². The molecule has 2 heteroatoms. The van der Waals surface area contributed by atoms with E-state index in [0.29, 0.717) is 0 Å². The predicted molar refractivity (Wildman–Crippen MR) is 89.0 cm³/mol. The maximum Gasteiger partial charge on any atom is 0.0718 e. The number of hydrazine groups is 1. The molecule has 0 aliphatic carbocycles. The number of benzene rings is 3. The molecule has 0 spiro atoms. The molecule has 3 aromatic rings. The second-order valence-electron chi connectivity index (χ2n) is 5.53. The van der Waals surface area contributed by atoms with Crippen LogP contribution in [0.2, 0.25) is 0 Å². The number of aryl methyl sites for hydroxylation is 2. The number of nitrogens with one attached hydrogen (secondary N) is 1. The van der Waals surface area contributed by atoms with Crippen molar-refractivity contribution < 1.29 is 0 Å². The molecule has 0 aromatic heterocycles. The van der Waals surface area contributed by atoms with Crippen LogP contribution in [0.3, 0.4) is 0 Å². The zero-order valence-corrected chi connectivity index (χ0v) is 12.4. The maximum absolute atomic E-state index is 5.90. The predicted octanol–water partition coefficient (Wildman–Crippen LogP) is 4.01. The first kappa shape index (κ1) is 13.8. The molecular formula is C19H20N2. The first-order valence-corrected chi connectivity index (χ1v) is 7.21. The Bertz CT molecular complexity index is 772. The van der Waals surface area contributed by atoms with Gasteiger partial charge in [-0.1, -0.05) is 66.2 Å². The van der Waals surface area contributed by atoms with Crippen LogP contribution in [0.4, 0.5) is 0 Å². The van der Waals surface area contributed by atoms with Crippen molar-refractivity contribution in [2.24, 2.45) is 5.84 Å². The van der Waals surface area contributed by atoms with Gasteiger partial charge in [0.05, 0.1) is 6.04 Å². The van der Waals surface area contributed by atoms with Gasteiger partial charge < -0.3 is 0 Å². The van der Waals surface area contributed by atoms with E-state index < -0.39 is 0 Å². The summed E-state index contributed by atoms with van der Waals surface area (Å²) in [5, 5.41) is 2.48. The van der Waals surface area contributed by atoms with Gasteiger partial charge in [0.25, 0.3) is 0 Å². The van der Waals surface area contributed by atoms with E-state index in [0.717, 1.165) is 0 Å². The average molecular weight is 276 g/mol. The number of fused-ring (bicyclic) bond motifs is 1. The Morgan fingerprint density at radius 3 is 2.43 bits per heavy atom. The lowest BCUT2D eigenvalue weighted by Crippen LogP contribution is -2.29. The summed E-state index contributed by atoms with van der Waals surface area (Å²) in [6.45, 7) is 4.24. The van der Waals surface area contributed by atoms with Gasteiger partial charge in [0.2, 0.25) is 0 Å². The number of hydrogen-bond donors (Lipinski definition) is 2. The van der Waals surface area contributed by atoms with Crippen LogP contribution in [0, 0.1) is 13.8 Å². The van der Waals surface area contributed by atoms with Crippen LogP contribution in [0.25, 0.3) is 10.8 Å². The molecule has 3 rings (SSSR count). The molecule has 0 saturated carbocycles. The van der Waals surface area contributed by atoms with Crippen LogP contribution in [0.1, 0.15) is 28.3 Å². The summed E-state index contributed by atoms with van der Waals surface area (Å²) in [5.41, 5.74) is 7.93. The highest BCUT2D eigenvalue weighted by Gasteiger charge is 2.17. The zero-order chi connectivity index (χ0) is 14.8. The molecule has 3 N–H and O–H groups in total. The SMILES string of the molecule is Cc1ccc(C)c(C(NN)c2cccc3ccccc23)c1. The Labute approximate surface area is 125 Å². The molecule has 2 nitrogen and oxygen atoms in total. The standard InChI is InChI=1S/C19H20N2/c1-13-10-11-14(2)18(12-13)19(21-20)17-9-5-7-15-6-3-4-8-16(15)17/h3-12,19,21H,20H2,1-2H3. The second-order valence-corrected chi connectivity index (χ2v) is 5.53. The fraction of sp³-hybridized carbons (Fsp3) is 0.158. The van der Waals surface area contributed by atoms with E-state index in [1.54, 1.807) is 0 Å². The lowest BCUT2D eigenvalue weighted by molar-refractivity contribution is 0.637. The summed E-state index contributed by atoms with van der Waals surface area (Å²) < 4.78 is 0. The van der Waals surface area contributed by atoms with E-state index in [-0.39, 0.29) is 6.04 Å². The third-order valence-corrected chi connectivity index (χ3v) is 4.05. The lowest BCUT2D eigenvalue weighted by Gasteiger charge is -2.21. The first-order valence-electron chi connectivity index (χ1n) is 7.21. The van der Waals surface area contributed by atoms with E-state index in [4.69, 9.17) is 5.84 Å². The van der Waals surface area contributed by atoms with Crippen LogP contribution in [-0.2, 0) is 0 Å². The van der Waals surface area contributed by atoms with Crippen molar-refractivity contribution in [3.05, 3.63) is 82.9 Å². The molecule has 3 aromatic carbocycles. The first-order chi connectivity index (χ1) is 10.2. The monoisotopic (exact) mass is 276 g/mol. The third-order valence-electron chi connectivity index (χ3n) is 4.05.